The molecule has 32 heavy (non-hydrogen) atoms. The molecule has 0 aliphatic heterocycles. The number of pyridine rings is 1. The Morgan fingerprint density at radius 1 is 1.19 bits per heavy atom. The standard InChI is InChI=1S/C22H17BrF3N5O/c1-3-4-5-15-9-16-18(7-6-17(27-2)20(16)22(24,25)26)31(15)12-19-29-30-21(32-19)13-8-14(23)11-28-10-13/h6-11H,3-5,12H2,1H3. The summed E-state index contributed by atoms with van der Waals surface area (Å²) < 4.78 is 49.7. The van der Waals surface area contributed by atoms with Gasteiger partial charge < -0.3 is 8.98 Å². The van der Waals surface area contributed by atoms with E-state index in [0.29, 0.717) is 17.5 Å². The summed E-state index contributed by atoms with van der Waals surface area (Å²) >= 11 is 3.34. The van der Waals surface area contributed by atoms with Crippen molar-refractivity contribution in [3.05, 3.63) is 69.7 Å². The minimum absolute atomic E-state index is 0.00744. The molecule has 0 atom stereocenters. The lowest BCUT2D eigenvalue weighted by atomic mass is 10.1. The molecule has 0 spiro atoms. The van der Waals surface area contributed by atoms with Crippen molar-refractivity contribution < 1.29 is 17.6 Å². The number of hydrogen-bond acceptors (Lipinski definition) is 4. The summed E-state index contributed by atoms with van der Waals surface area (Å²) in [6, 6.07) is 6.06. The maximum Gasteiger partial charge on any atom is 0.408 e. The fourth-order valence-corrected chi connectivity index (χ4v) is 3.98. The Morgan fingerprint density at radius 3 is 2.69 bits per heavy atom. The molecular weight excluding hydrogens is 487 g/mol. The summed E-state index contributed by atoms with van der Waals surface area (Å²) in [5.74, 6) is 0.532. The van der Waals surface area contributed by atoms with Crippen LogP contribution in [0.15, 0.2) is 45.5 Å². The highest BCUT2D eigenvalue weighted by atomic mass is 79.9. The van der Waals surface area contributed by atoms with E-state index in [0.717, 1.165) is 23.0 Å². The molecule has 1 aromatic carbocycles. The summed E-state index contributed by atoms with van der Waals surface area (Å²) in [7, 11) is 0. The molecule has 0 saturated carbocycles. The van der Waals surface area contributed by atoms with Gasteiger partial charge in [0.2, 0.25) is 11.8 Å². The molecule has 0 aliphatic rings. The van der Waals surface area contributed by atoms with Crippen molar-refractivity contribution in [2.45, 2.75) is 38.9 Å². The highest BCUT2D eigenvalue weighted by Gasteiger charge is 2.36. The molecule has 0 amide bonds. The van der Waals surface area contributed by atoms with Gasteiger partial charge in [0.1, 0.15) is 6.54 Å². The number of aromatic nitrogens is 4. The van der Waals surface area contributed by atoms with E-state index < -0.39 is 17.4 Å². The monoisotopic (exact) mass is 503 g/mol. The van der Waals surface area contributed by atoms with Crippen LogP contribution in [0.5, 0.6) is 0 Å². The van der Waals surface area contributed by atoms with Gasteiger partial charge >= 0.3 is 6.18 Å². The summed E-state index contributed by atoms with van der Waals surface area (Å²) in [5.41, 5.74) is 0.403. The fraction of sp³-hybridized carbons (Fsp3) is 0.273. The molecule has 4 aromatic rings. The van der Waals surface area contributed by atoms with E-state index in [4.69, 9.17) is 11.0 Å². The lowest BCUT2D eigenvalue weighted by Crippen LogP contribution is -2.07. The predicted molar refractivity (Wildman–Crippen MR) is 116 cm³/mol. The van der Waals surface area contributed by atoms with Gasteiger partial charge in [-0.2, -0.15) is 13.2 Å². The number of hydrogen-bond donors (Lipinski definition) is 0. The van der Waals surface area contributed by atoms with Gasteiger partial charge in [0.05, 0.1) is 17.7 Å². The van der Waals surface area contributed by atoms with Crippen LogP contribution >= 0.6 is 15.9 Å². The van der Waals surface area contributed by atoms with Gasteiger partial charge in [-0.25, -0.2) is 4.85 Å². The van der Waals surface area contributed by atoms with Crippen LogP contribution < -0.4 is 0 Å². The van der Waals surface area contributed by atoms with E-state index in [1.807, 2.05) is 6.92 Å². The van der Waals surface area contributed by atoms with E-state index in [-0.39, 0.29) is 23.7 Å². The van der Waals surface area contributed by atoms with Crippen LogP contribution in [-0.4, -0.2) is 19.7 Å². The topological polar surface area (TPSA) is 61.1 Å². The zero-order valence-electron chi connectivity index (χ0n) is 16.9. The Balaban J connectivity index is 1.80. The van der Waals surface area contributed by atoms with Crippen molar-refractivity contribution in [1.29, 1.82) is 0 Å². The van der Waals surface area contributed by atoms with E-state index in [2.05, 4.69) is 36.0 Å². The first-order chi connectivity index (χ1) is 15.3. The van der Waals surface area contributed by atoms with Crippen molar-refractivity contribution in [1.82, 2.24) is 19.7 Å². The van der Waals surface area contributed by atoms with Crippen molar-refractivity contribution in [3.63, 3.8) is 0 Å². The first-order valence-corrected chi connectivity index (χ1v) is 10.6. The number of benzene rings is 1. The SMILES string of the molecule is [C-]#[N+]c1ccc2c(cc(CCCC)n2Cc2nnc(-c3cncc(Br)c3)o2)c1C(F)(F)F. The van der Waals surface area contributed by atoms with Crippen molar-refractivity contribution in [3.8, 4) is 11.5 Å². The molecule has 0 unspecified atom stereocenters. The molecule has 0 bridgehead atoms. The molecule has 164 valence electrons. The maximum absolute atomic E-state index is 13.8. The summed E-state index contributed by atoms with van der Waals surface area (Å²) in [4.78, 5) is 7.16. The van der Waals surface area contributed by atoms with Gasteiger partial charge in [0, 0.05) is 33.5 Å². The molecule has 0 aliphatic carbocycles. The van der Waals surface area contributed by atoms with E-state index in [9.17, 15) is 13.2 Å². The smallest absolute Gasteiger partial charge is 0.408 e. The second-order valence-corrected chi connectivity index (χ2v) is 8.14. The Morgan fingerprint density at radius 2 is 2.00 bits per heavy atom. The zero-order chi connectivity index (χ0) is 22.9. The molecule has 10 heteroatoms. The molecule has 4 rings (SSSR count). The van der Waals surface area contributed by atoms with Crippen LogP contribution in [0.3, 0.4) is 0 Å². The summed E-state index contributed by atoms with van der Waals surface area (Å²) in [6.45, 7) is 9.30. The van der Waals surface area contributed by atoms with Gasteiger partial charge in [0.15, 0.2) is 5.69 Å². The van der Waals surface area contributed by atoms with Gasteiger partial charge in [-0.1, -0.05) is 19.4 Å². The molecule has 0 N–H and O–H groups in total. The Kier molecular flexibility index (Phi) is 6.02. The maximum atomic E-state index is 13.8. The predicted octanol–water partition coefficient (Wildman–Crippen LogP) is 6.81. The summed E-state index contributed by atoms with van der Waals surface area (Å²) in [5, 5.41) is 8.14. The largest absolute Gasteiger partial charge is 0.419 e. The van der Waals surface area contributed by atoms with Crippen molar-refractivity contribution in [2.75, 3.05) is 0 Å². The van der Waals surface area contributed by atoms with Crippen LogP contribution in [0.2, 0.25) is 0 Å². The highest BCUT2D eigenvalue weighted by Crippen LogP contribution is 2.42. The van der Waals surface area contributed by atoms with Gasteiger partial charge in [0.25, 0.3) is 0 Å². The number of rotatable bonds is 6. The van der Waals surface area contributed by atoms with Crippen LogP contribution in [0.25, 0.3) is 27.2 Å². The molecule has 3 aromatic heterocycles. The molecule has 6 nitrogen and oxygen atoms in total. The highest BCUT2D eigenvalue weighted by molar-refractivity contribution is 9.10. The van der Waals surface area contributed by atoms with Crippen LogP contribution in [-0.2, 0) is 19.1 Å². The van der Waals surface area contributed by atoms with Crippen LogP contribution in [0.4, 0.5) is 18.9 Å². The average Bonchev–Trinajstić information content (AvgIpc) is 3.36. The molecule has 0 fully saturated rings. The third-order valence-corrected chi connectivity index (χ3v) is 5.49. The number of unbranched alkanes of at least 4 members (excludes halogenated alkanes) is 1. The second kappa shape index (κ2) is 8.74. The first kappa shape index (κ1) is 22.0. The molecule has 0 radical (unpaired) electrons. The molecule has 3 heterocycles. The number of fused-ring (bicyclic) bond motifs is 1. The Hall–Kier alpha value is -3.19. The lowest BCUT2D eigenvalue weighted by molar-refractivity contribution is -0.135. The number of halogens is 4. The lowest BCUT2D eigenvalue weighted by Gasteiger charge is -2.12. The van der Waals surface area contributed by atoms with Crippen molar-refractivity contribution in [2.24, 2.45) is 0 Å². The average molecular weight is 504 g/mol. The van der Waals surface area contributed by atoms with Gasteiger partial charge in [-0.3, -0.25) is 4.98 Å². The van der Waals surface area contributed by atoms with Crippen LogP contribution in [0.1, 0.15) is 36.9 Å². The third kappa shape index (κ3) is 4.25. The minimum Gasteiger partial charge on any atom is -0.419 e. The number of alkyl halides is 3. The first-order valence-electron chi connectivity index (χ1n) is 9.85. The Bertz CT molecular complexity index is 1320. The van der Waals surface area contributed by atoms with Gasteiger partial charge in [-0.05, 0) is 47.0 Å². The van der Waals surface area contributed by atoms with Crippen molar-refractivity contribution >= 4 is 32.5 Å². The van der Waals surface area contributed by atoms with E-state index in [1.165, 1.54) is 12.1 Å². The third-order valence-electron chi connectivity index (χ3n) is 5.05. The quantitative estimate of drug-likeness (QED) is 0.271. The Labute approximate surface area is 190 Å². The van der Waals surface area contributed by atoms with E-state index >= 15 is 0 Å². The number of aryl methyl sites for hydroxylation is 1. The molecule has 0 saturated heterocycles. The van der Waals surface area contributed by atoms with E-state index in [1.54, 1.807) is 29.1 Å². The normalized spacial score (nSPS) is 11.8. The number of nitrogens with zero attached hydrogens (tertiary/aromatic N) is 5. The fourth-order valence-electron chi connectivity index (χ4n) is 3.62. The summed E-state index contributed by atoms with van der Waals surface area (Å²) in [6.07, 6.45) is 0.864. The zero-order valence-corrected chi connectivity index (χ0v) is 18.5. The van der Waals surface area contributed by atoms with Gasteiger partial charge in [-0.15, -0.1) is 10.2 Å². The second-order valence-electron chi connectivity index (χ2n) is 7.22. The minimum atomic E-state index is -4.64. The van der Waals surface area contributed by atoms with Crippen LogP contribution in [0, 0.1) is 6.57 Å². The molecular formula is C22H17BrF3N5O.